The summed E-state index contributed by atoms with van der Waals surface area (Å²) < 4.78 is 13.2. The second-order valence-corrected chi connectivity index (χ2v) is 4.53. The van der Waals surface area contributed by atoms with Crippen LogP contribution in [0.1, 0.15) is 35.2 Å². The number of aliphatic hydroxyl groups is 1. The summed E-state index contributed by atoms with van der Waals surface area (Å²) in [4.78, 5) is 13.6. The van der Waals surface area contributed by atoms with Gasteiger partial charge in [0.25, 0.3) is 5.91 Å². The molecule has 0 spiro atoms. The lowest BCUT2D eigenvalue weighted by Gasteiger charge is -2.17. The van der Waals surface area contributed by atoms with Gasteiger partial charge in [0.2, 0.25) is 0 Å². The molecule has 1 rings (SSSR count). The number of halogens is 1. The fourth-order valence-corrected chi connectivity index (χ4v) is 1.82. The molecule has 0 aliphatic carbocycles. The maximum absolute atomic E-state index is 13.2. The van der Waals surface area contributed by atoms with E-state index in [9.17, 15) is 9.18 Å². The third-order valence-electron chi connectivity index (χ3n) is 2.79. The van der Waals surface area contributed by atoms with E-state index < -0.39 is 0 Å². The second kappa shape index (κ2) is 7.11. The number of nitrogens with zero attached hydrogens (tertiary/aromatic N) is 1. The number of carbonyl (C=O) groups is 1. The first-order valence-electron chi connectivity index (χ1n) is 6.18. The molecule has 0 radical (unpaired) electrons. The molecule has 0 atom stereocenters. The van der Waals surface area contributed by atoms with Gasteiger partial charge in [0.1, 0.15) is 5.82 Å². The third-order valence-corrected chi connectivity index (χ3v) is 2.79. The number of benzene rings is 1. The number of amides is 1. The molecule has 1 aromatic carbocycles. The predicted octanol–water partition coefficient (Wildman–Crippen LogP) is 2.37. The molecule has 0 aliphatic heterocycles. The van der Waals surface area contributed by atoms with Crippen LogP contribution < -0.4 is 0 Å². The summed E-state index contributed by atoms with van der Waals surface area (Å²) in [5.41, 5.74) is 1.13. The Balaban J connectivity index is 2.57. The number of rotatable bonds is 6. The van der Waals surface area contributed by atoms with E-state index in [0.717, 1.165) is 24.8 Å². The second-order valence-electron chi connectivity index (χ2n) is 4.53. The molecule has 1 N–H and O–H groups in total. The van der Waals surface area contributed by atoms with Crippen molar-refractivity contribution in [2.75, 3.05) is 20.2 Å². The monoisotopic (exact) mass is 253 g/mol. The zero-order valence-electron chi connectivity index (χ0n) is 10.9. The highest BCUT2D eigenvalue weighted by Crippen LogP contribution is 2.11. The van der Waals surface area contributed by atoms with Gasteiger partial charge in [-0.15, -0.1) is 0 Å². The van der Waals surface area contributed by atoms with Crippen molar-refractivity contribution in [3.63, 3.8) is 0 Å². The number of aryl methyl sites for hydroxylation is 1. The van der Waals surface area contributed by atoms with Crippen molar-refractivity contribution in [3.8, 4) is 0 Å². The first-order valence-corrected chi connectivity index (χ1v) is 6.18. The lowest BCUT2D eigenvalue weighted by molar-refractivity contribution is 0.0791. The van der Waals surface area contributed by atoms with Crippen molar-refractivity contribution in [1.29, 1.82) is 0 Å². The van der Waals surface area contributed by atoms with Crippen LogP contribution in [0.15, 0.2) is 18.2 Å². The molecule has 18 heavy (non-hydrogen) atoms. The van der Waals surface area contributed by atoms with Gasteiger partial charge in [0.05, 0.1) is 0 Å². The molecule has 1 aromatic rings. The molecule has 0 heterocycles. The molecule has 4 heteroatoms. The minimum Gasteiger partial charge on any atom is -0.396 e. The van der Waals surface area contributed by atoms with Crippen molar-refractivity contribution in [3.05, 3.63) is 35.1 Å². The van der Waals surface area contributed by atoms with E-state index in [4.69, 9.17) is 5.11 Å². The fraction of sp³-hybridized carbons (Fsp3) is 0.500. The smallest absolute Gasteiger partial charge is 0.253 e. The van der Waals surface area contributed by atoms with Crippen LogP contribution in [0.5, 0.6) is 0 Å². The predicted molar refractivity (Wildman–Crippen MR) is 69.0 cm³/mol. The Morgan fingerprint density at radius 2 is 2.00 bits per heavy atom. The first-order chi connectivity index (χ1) is 8.54. The van der Waals surface area contributed by atoms with Crippen molar-refractivity contribution in [2.45, 2.75) is 26.2 Å². The summed E-state index contributed by atoms with van der Waals surface area (Å²) in [6, 6.07) is 4.35. The zero-order valence-corrected chi connectivity index (χ0v) is 10.9. The number of carbonyl (C=O) groups excluding carboxylic acids is 1. The molecule has 0 fully saturated rings. The highest BCUT2D eigenvalue weighted by atomic mass is 19.1. The van der Waals surface area contributed by atoms with Gasteiger partial charge in [-0.2, -0.15) is 0 Å². The van der Waals surface area contributed by atoms with Crippen LogP contribution in [0.25, 0.3) is 0 Å². The van der Waals surface area contributed by atoms with Crippen LogP contribution in [0.3, 0.4) is 0 Å². The molecule has 0 aliphatic rings. The molecule has 1 amide bonds. The van der Waals surface area contributed by atoms with E-state index in [1.807, 2.05) is 0 Å². The molecule has 3 nitrogen and oxygen atoms in total. The van der Waals surface area contributed by atoms with E-state index in [-0.39, 0.29) is 18.3 Å². The Morgan fingerprint density at radius 3 is 2.61 bits per heavy atom. The van der Waals surface area contributed by atoms with Gasteiger partial charge in [-0.05, 0) is 49.9 Å². The van der Waals surface area contributed by atoms with Gasteiger partial charge in [-0.25, -0.2) is 4.39 Å². The van der Waals surface area contributed by atoms with Crippen LogP contribution in [0, 0.1) is 12.7 Å². The molecular weight excluding hydrogens is 233 g/mol. The summed E-state index contributed by atoms with van der Waals surface area (Å²) in [5, 5.41) is 8.66. The number of unbranched alkanes of at least 4 members (excludes halogenated alkanes) is 2. The number of hydrogen-bond acceptors (Lipinski definition) is 2. The molecule has 0 saturated heterocycles. The van der Waals surface area contributed by atoms with Crippen molar-refractivity contribution in [2.24, 2.45) is 0 Å². The Kier molecular flexibility index (Phi) is 5.78. The van der Waals surface area contributed by atoms with E-state index in [0.29, 0.717) is 12.1 Å². The van der Waals surface area contributed by atoms with Crippen molar-refractivity contribution in [1.82, 2.24) is 4.90 Å². The molecular formula is C14H20FNO2. The average Bonchev–Trinajstić information content (AvgIpc) is 2.32. The number of hydrogen-bond donors (Lipinski definition) is 1. The summed E-state index contributed by atoms with van der Waals surface area (Å²) >= 11 is 0. The zero-order chi connectivity index (χ0) is 13.5. The highest BCUT2D eigenvalue weighted by Gasteiger charge is 2.12. The van der Waals surface area contributed by atoms with E-state index in [2.05, 4.69) is 0 Å². The normalized spacial score (nSPS) is 10.4. The van der Waals surface area contributed by atoms with Gasteiger partial charge >= 0.3 is 0 Å². The van der Waals surface area contributed by atoms with Crippen molar-refractivity contribution >= 4 is 5.91 Å². The van der Waals surface area contributed by atoms with Crippen LogP contribution in [0.2, 0.25) is 0 Å². The van der Waals surface area contributed by atoms with Crippen LogP contribution in [-0.4, -0.2) is 36.1 Å². The largest absolute Gasteiger partial charge is 0.396 e. The van der Waals surface area contributed by atoms with Gasteiger partial charge < -0.3 is 10.0 Å². The summed E-state index contributed by atoms with van der Waals surface area (Å²) in [6.45, 7) is 2.57. The quantitative estimate of drug-likeness (QED) is 0.791. The first kappa shape index (κ1) is 14.6. The lowest BCUT2D eigenvalue weighted by Crippen LogP contribution is -2.27. The van der Waals surface area contributed by atoms with Gasteiger partial charge in [0.15, 0.2) is 0 Å². The summed E-state index contributed by atoms with van der Waals surface area (Å²) in [5.74, 6) is -0.548. The third kappa shape index (κ3) is 4.45. The molecule has 100 valence electrons. The maximum Gasteiger partial charge on any atom is 0.253 e. The maximum atomic E-state index is 13.2. The van der Waals surface area contributed by atoms with Crippen LogP contribution in [0.4, 0.5) is 4.39 Å². The standard InChI is InChI=1S/C14H20FNO2/c1-11-8-12(10-13(15)9-11)14(18)16(2)6-4-3-5-7-17/h8-10,17H,3-7H2,1-2H3. The van der Waals surface area contributed by atoms with Crippen LogP contribution in [-0.2, 0) is 0 Å². The molecule has 0 bridgehead atoms. The van der Waals surface area contributed by atoms with Gasteiger partial charge in [-0.3, -0.25) is 4.79 Å². The fourth-order valence-electron chi connectivity index (χ4n) is 1.82. The van der Waals surface area contributed by atoms with E-state index >= 15 is 0 Å². The Bertz CT molecular complexity index is 387. The number of aliphatic hydroxyl groups excluding tert-OH is 1. The molecule has 0 unspecified atom stereocenters. The summed E-state index contributed by atoms with van der Waals surface area (Å²) in [7, 11) is 1.71. The van der Waals surface area contributed by atoms with Gasteiger partial charge in [0, 0.05) is 25.8 Å². The SMILES string of the molecule is Cc1cc(F)cc(C(=O)N(C)CCCCCO)c1. The lowest BCUT2D eigenvalue weighted by atomic mass is 10.1. The molecule has 0 saturated carbocycles. The van der Waals surface area contributed by atoms with Crippen LogP contribution >= 0.6 is 0 Å². The Morgan fingerprint density at radius 1 is 1.28 bits per heavy atom. The van der Waals surface area contributed by atoms with E-state index in [1.54, 1.807) is 24.9 Å². The van der Waals surface area contributed by atoms with Gasteiger partial charge in [-0.1, -0.05) is 0 Å². The minimum absolute atomic E-state index is 0.165. The molecule has 0 aromatic heterocycles. The summed E-state index contributed by atoms with van der Waals surface area (Å²) in [6.07, 6.45) is 2.48. The average molecular weight is 253 g/mol. The van der Waals surface area contributed by atoms with Crippen molar-refractivity contribution < 1.29 is 14.3 Å². The Hall–Kier alpha value is -1.42. The topological polar surface area (TPSA) is 40.5 Å². The van der Waals surface area contributed by atoms with E-state index in [1.165, 1.54) is 12.1 Å². The highest BCUT2D eigenvalue weighted by molar-refractivity contribution is 5.94. The minimum atomic E-state index is -0.382. The Labute approximate surface area is 107 Å².